The molecule has 0 aliphatic carbocycles. The average Bonchev–Trinajstić information content (AvgIpc) is 2.93. The van der Waals surface area contributed by atoms with Gasteiger partial charge in [0.15, 0.2) is 11.6 Å². The van der Waals surface area contributed by atoms with Crippen LogP contribution in [0.15, 0.2) is 72.9 Å². The predicted molar refractivity (Wildman–Crippen MR) is 132 cm³/mol. The number of amides is 2. The van der Waals surface area contributed by atoms with Crippen molar-refractivity contribution in [2.45, 2.75) is 0 Å². The Balaban J connectivity index is 1.32. The molecule has 0 bridgehead atoms. The first-order valence-corrected chi connectivity index (χ1v) is 11.5. The van der Waals surface area contributed by atoms with Gasteiger partial charge in [-0.25, -0.2) is 8.78 Å². The van der Waals surface area contributed by atoms with E-state index in [1.165, 1.54) is 18.1 Å². The van der Waals surface area contributed by atoms with Gasteiger partial charge in [-0.2, -0.15) is 0 Å². The van der Waals surface area contributed by atoms with E-state index >= 15 is 0 Å². The van der Waals surface area contributed by atoms with Crippen LogP contribution < -0.4 is 4.74 Å². The molecule has 5 rings (SSSR count). The van der Waals surface area contributed by atoms with Crippen LogP contribution in [0.5, 0.6) is 5.75 Å². The SMILES string of the molecule is COc1cc(-c2cccc3cccnc23)ccc1C(=O)N1CCN(C(=O)c2ccc(F)c(F)c2)CC1. The Hall–Kier alpha value is -4.33. The quantitative estimate of drug-likeness (QED) is 0.416. The van der Waals surface area contributed by atoms with Crippen molar-refractivity contribution in [2.75, 3.05) is 33.3 Å². The maximum absolute atomic E-state index is 13.5. The summed E-state index contributed by atoms with van der Waals surface area (Å²) in [6, 6.07) is 18.4. The van der Waals surface area contributed by atoms with Crippen molar-refractivity contribution in [3.8, 4) is 16.9 Å². The van der Waals surface area contributed by atoms with E-state index in [1.54, 1.807) is 17.2 Å². The first kappa shape index (κ1) is 23.4. The fourth-order valence-corrected chi connectivity index (χ4v) is 4.47. The van der Waals surface area contributed by atoms with Gasteiger partial charge in [-0.15, -0.1) is 0 Å². The molecule has 1 aromatic heterocycles. The number of carbonyl (C=O) groups is 2. The number of hydrogen-bond donors (Lipinski definition) is 0. The molecule has 0 spiro atoms. The molecule has 6 nitrogen and oxygen atoms in total. The molecule has 0 radical (unpaired) electrons. The summed E-state index contributed by atoms with van der Waals surface area (Å²) in [5.41, 5.74) is 3.19. The molecule has 1 saturated heterocycles. The third-order valence-corrected chi connectivity index (χ3v) is 6.40. The Labute approximate surface area is 206 Å². The number of halogens is 2. The minimum Gasteiger partial charge on any atom is -0.496 e. The van der Waals surface area contributed by atoms with Crippen molar-refractivity contribution >= 4 is 22.7 Å². The molecule has 1 aliphatic heterocycles. The smallest absolute Gasteiger partial charge is 0.257 e. The zero-order chi connectivity index (χ0) is 25.2. The first-order valence-electron chi connectivity index (χ1n) is 11.5. The summed E-state index contributed by atoms with van der Waals surface area (Å²) in [6.07, 6.45) is 1.75. The highest BCUT2D eigenvalue weighted by Gasteiger charge is 2.27. The lowest BCUT2D eigenvalue weighted by Gasteiger charge is -2.35. The number of para-hydroxylation sites is 1. The highest BCUT2D eigenvalue weighted by atomic mass is 19.2. The van der Waals surface area contributed by atoms with Crippen molar-refractivity contribution in [3.63, 3.8) is 0 Å². The highest BCUT2D eigenvalue weighted by Crippen LogP contribution is 2.32. The van der Waals surface area contributed by atoms with E-state index < -0.39 is 17.5 Å². The zero-order valence-electron chi connectivity index (χ0n) is 19.6. The van der Waals surface area contributed by atoms with E-state index in [0.717, 1.165) is 34.2 Å². The zero-order valence-corrected chi connectivity index (χ0v) is 19.6. The molecule has 1 fully saturated rings. The van der Waals surface area contributed by atoms with Crippen LogP contribution in [0.3, 0.4) is 0 Å². The summed E-state index contributed by atoms with van der Waals surface area (Å²) in [4.78, 5) is 33.7. The van der Waals surface area contributed by atoms with Crippen molar-refractivity contribution in [3.05, 3.63) is 95.7 Å². The molecule has 0 saturated carbocycles. The summed E-state index contributed by atoms with van der Waals surface area (Å²) >= 11 is 0. The second-order valence-corrected chi connectivity index (χ2v) is 8.51. The van der Waals surface area contributed by atoms with E-state index in [1.807, 2.05) is 42.5 Å². The van der Waals surface area contributed by atoms with Crippen LogP contribution in [-0.2, 0) is 0 Å². The Kier molecular flexibility index (Phi) is 6.33. The van der Waals surface area contributed by atoms with Crippen LogP contribution >= 0.6 is 0 Å². The van der Waals surface area contributed by atoms with Gasteiger partial charge in [0.05, 0.1) is 18.2 Å². The van der Waals surface area contributed by atoms with E-state index in [4.69, 9.17) is 4.74 Å². The number of ether oxygens (including phenoxy) is 1. The van der Waals surface area contributed by atoms with E-state index in [0.29, 0.717) is 24.4 Å². The van der Waals surface area contributed by atoms with Gasteiger partial charge in [0, 0.05) is 48.9 Å². The van der Waals surface area contributed by atoms with Crippen LogP contribution in [0.2, 0.25) is 0 Å². The van der Waals surface area contributed by atoms with Crippen LogP contribution in [0, 0.1) is 11.6 Å². The van der Waals surface area contributed by atoms with E-state index in [2.05, 4.69) is 4.98 Å². The molecule has 1 aliphatic rings. The number of carbonyl (C=O) groups excluding carboxylic acids is 2. The molecule has 3 aromatic carbocycles. The fourth-order valence-electron chi connectivity index (χ4n) is 4.47. The van der Waals surface area contributed by atoms with Crippen molar-refractivity contribution < 1.29 is 23.1 Å². The second-order valence-electron chi connectivity index (χ2n) is 8.51. The van der Waals surface area contributed by atoms with Crippen LogP contribution in [0.1, 0.15) is 20.7 Å². The minimum atomic E-state index is -1.07. The number of pyridine rings is 1. The number of methoxy groups -OCH3 is 1. The van der Waals surface area contributed by atoms with Gasteiger partial charge in [-0.1, -0.05) is 30.3 Å². The number of fused-ring (bicyclic) bond motifs is 1. The van der Waals surface area contributed by atoms with E-state index in [-0.39, 0.29) is 24.6 Å². The Morgan fingerprint density at radius 2 is 1.56 bits per heavy atom. The number of hydrogen-bond acceptors (Lipinski definition) is 4. The molecule has 8 heteroatoms. The first-order chi connectivity index (χ1) is 17.5. The monoisotopic (exact) mass is 487 g/mol. The molecular formula is C28H23F2N3O3. The Morgan fingerprint density at radius 3 is 2.28 bits per heavy atom. The topological polar surface area (TPSA) is 62.7 Å². The summed E-state index contributed by atoms with van der Waals surface area (Å²) in [6.45, 7) is 1.19. The lowest BCUT2D eigenvalue weighted by molar-refractivity contribution is 0.0533. The number of piperazine rings is 1. The van der Waals surface area contributed by atoms with Gasteiger partial charge in [0.25, 0.3) is 11.8 Å². The van der Waals surface area contributed by atoms with Gasteiger partial charge in [0.1, 0.15) is 5.75 Å². The number of benzene rings is 3. The molecule has 2 amide bonds. The normalized spacial score (nSPS) is 13.6. The number of rotatable bonds is 4. The molecular weight excluding hydrogens is 464 g/mol. The average molecular weight is 488 g/mol. The third-order valence-electron chi connectivity index (χ3n) is 6.40. The largest absolute Gasteiger partial charge is 0.496 e. The van der Waals surface area contributed by atoms with Crippen molar-refractivity contribution in [2.24, 2.45) is 0 Å². The number of aromatic nitrogens is 1. The fraction of sp³-hybridized carbons (Fsp3) is 0.179. The Bertz CT molecular complexity index is 1460. The molecule has 0 unspecified atom stereocenters. The van der Waals surface area contributed by atoms with Crippen LogP contribution in [-0.4, -0.2) is 59.9 Å². The third kappa shape index (κ3) is 4.37. The lowest BCUT2D eigenvalue weighted by Crippen LogP contribution is -2.50. The van der Waals surface area contributed by atoms with Gasteiger partial charge in [0.2, 0.25) is 0 Å². The minimum absolute atomic E-state index is 0.0776. The van der Waals surface area contributed by atoms with E-state index in [9.17, 15) is 18.4 Å². The number of nitrogens with zero attached hydrogens (tertiary/aromatic N) is 3. The van der Waals surface area contributed by atoms with Gasteiger partial charge >= 0.3 is 0 Å². The summed E-state index contributed by atoms with van der Waals surface area (Å²) in [5, 5.41) is 1.02. The van der Waals surface area contributed by atoms with Crippen LogP contribution in [0.4, 0.5) is 8.78 Å². The molecule has 182 valence electrons. The summed E-state index contributed by atoms with van der Waals surface area (Å²) < 4.78 is 32.3. The molecule has 4 aromatic rings. The van der Waals surface area contributed by atoms with Crippen LogP contribution in [0.25, 0.3) is 22.0 Å². The summed E-state index contributed by atoms with van der Waals surface area (Å²) in [5.74, 6) is -2.21. The summed E-state index contributed by atoms with van der Waals surface area (Å²) in [7, 11) is 1.52. The molecule has 0 atom stereocenters. The maximum atomic E-state index is 13.5. The molecule has 0 N–H and O–H groups in total. The van der Waals surface area contributed by atoms with Crippen molar-refractivity contribution in [1.82, 2.24) is 14.8 Å². The van der Waals surface area contributed by atoms with Gasteiger partial charge in [-0.3, -0.25) is 14.6 Å². The van der Waals surface area contributed by atoms with Crippen molar-refractivity contribution in [1.29, 1.82) is 0 Å². The Morgan fingerprint density at radius 1 is 0.833 bits per heavy atom. The maximum Gasteiger partial charge on any atom is 0.257 e. The second kappa shape index (κ2) is 9.73. The molecule has 2 heterocycles. The predicted octanol–water partition coefficient (Wildman–Crippen LogP) is 4.79. The van der Waals surface area contributed by atoms with Gasteiger partial charge in [-0.05, 0) is 42.0 Å². The van der Waals surface area contributed by atoms with Gasteiger partial charge < -0.3 is 14.5 Å². The highest BCUT2D eigenvalue weighted by molar-refractivity contribution is 6.00. The lowest BCUT2D eigenvalue weighted by atomic mass is 9.99. The standard InChI is InChI=1S/C28H23F2N3O3/c1-36-25-17-19(21-6-2-4-18-5-3-11-31-26(18)21)7-9-22(25)28(35)33-14-12-32(13-15-33)27(34)20-8-10-23(29)24(30)16-20/h2-11,16-17H,12-15H2,1H3. The molecule has 36 heavy (non-hydrogen) atoms.